The largest absolute Gasteiger partial charge is 0.480 e. The lowest BCUT2D eigenvalue weighted by Crippen LogP contribution is -2.52. The van der Waals surface area contributed by atoms with Gasteiger partial charge in [0.1, 0.15) is 17.5 Å². The predicted octanol–water partition coefficient (Wildman–Crippen LogP) is 3.38. The molecule has 1 atom stereocenters. The molecular formula is C34H44N4O6. The summed E-state index contributed by atoms with van der Waals surface area (Å²) in [5.41, 5.74) is 0.955. The number of ether oxygens (including phenoxy) is 1. The molecule has 4 aliphatic heterocycles. The van der Waals surface area contributed by atoms with E-state index in [1.165, 1.54) is 0 Å². The summed E-state index contributed by atoms with van der Waals surface area (Å²) in [7, 11) is 0. The first-order chi connectivity index (χ1) is 21.2. The van der Waals surface area contributed by atoms with Gasteiger partial charge in [-0.1, -0.05) is 31.2 Å². The van der Waals surface area contributed by atoms with Crippen LogP contribution in [0.15, 0.2) is 48.5 Å². The molecule has 10 heteroatoms. The molecule has 2 fully saturated rings. The lowest BCUT2D eigenvalue weighted by molar-refractivity contribution is -0.142. The predicted molar refractivity (Wildman–Crippen MR) is 165 cm³/mol. The Bertz CT molecular complexity index is 1330. The Labute approximate surface area is 259 Å². The van der Waals surface area contributed by atoms with Crippen molar-refractivity contribution < 1.29 is 29.0 Å². The van der Waals surface area contributed by atoms with Gasteiger partial charge in [-0.3, -0.25) is 14.4 Å². The number of hydrogen-bond acceptors (Lipinski definition) is 6. The average Bonchev–Trinajstić information content (AvgIpc) is 3.02. The highest BCUT2D eigenvalue weighted by Crippen LogP contribution is 2.37. The van der Waals surface area contributed by atoms with Crippen molar-refractivity contribution in [1.29, 1.82) is 0 Å². The molecule has 4 aliphatic rings. The Hall–Kier alpha value is -3.92. The number of benzene rings is 2. The van der Waals surface area contributed by atoms with Gasteiger partial charge in [-0.25, -0.2) is 4.79 Å². The Morgan fingerprint density at radius 3 is 2.39 bits per heavy atom. The Morgan fingerprint density at radius 1 is 0.977 bits per heavy atom. The maximum atomic E-state index is 13.8. The van der Waals surface area contributed by atoms with Crippen molar-refractivity contribution in [3.8, 4) is 11.5 Å². The summed E-state index contributed by atoms with van der Waals surface area (Å²) < 4.78 is 6.10. The van der Waals surface area contributed by atoms with Crippen molar-refractivity contribution in [2.75, 3.05) is 39.3 Å². The van der Waals surface area contributed by atoms with Crippen LogP contribution in [0.2, 0.25) is 0 Å². The molecule has 0 aliphatic carbocycles. The standard InChI is InChI=1S/C34H44N4O6/c1-2-37-16-11-25(12-17-37)22-31(40)38-18-13-34(14-19-38)23-26-4-3-5-28(20-26)44-27-8-6-24(7-9-27)21-29(32(41)42)36-30(39)10-15-35-33(34)43/h3-9,20,25,29H,2,10-19,21-23H2,1H3,(H,35,43)(H,36,39)(H,41,42)/t29-/m0/s1. The topological polar surface area (TPSA) is 128 Å². The molecule has 2 aromatic rings. The van der Waals surface area contributed by atoms with E-state index >= 15 is 0 Å². The van der Waals surface area contributed by atoms with E-state index in [-0.39, 0.29) is 31.2 Å². The molecule has 6 rings (SSSR count). The zero-order valence-electron chi connectivity index (χ0n) is 25.6. The van der Waals surface area contributed by atoms with Crippen LogP contribution in [0.3, 0.4) is 0 Å². The molecular weight excluding hydrogens is 560 g/mol. The summed E-state index contributed by atoms with van der Waals surface area (Å²) >= 11 is 0. The van der Waals surface area contributed by atoms with Gasteiger partial charge < -0.3 is 30.3 Å². The van der Waals surface area contributed by atoms with Gasteiger partial charge in [0, 0.05) is 38.9 Å². The number of fused-ring (bicyclic) bond motifs is 9. The van der Waals surface area contributed by atoms with E-state index in [9.17, 15) is 24.3 Å². The van der Waals surface area contributed by atoms with Crippen LogP contribution in [-0.2, 0) is 32.0 Å². The molecule has 44 heavy (non-hydrogen) atoms. The first kappa shape index (κ1) is 31.5. The van der Waals surface area contributed by atoms with E-state index in [0.29, 0.717) is 56.2 Å². The number of hydrogen-bond donors (Lipinski definition) is 3. The number of rotatable bonds is 4. The maximum Gasteiger partial charge on any atom is 0.326 e. The van der Waals surface area contributed by atoms with Crippen molar-refractivity contribution in [1.82, 2.24) is 20.4 Å². The van der Waals surface area contributed by atoms with Crippen LogP contribution in [0.1, 0.15) is 56.6 Å². The summed E-state index contributed by atoms with van der Waals surface area (Å²) in [6.07, 6.45) is 4.24. The lowest BCUT2D eigenvalue weighted by Gasteiger charge is -2.41. The molecule has 3 amide bonds. The highest BCUT2D eigenvalue weighted by molar-refractivity contribution is 5.86. The summed E-state index contributed by atoms with van der Waals surface area (Å²) in [5.74, 6) is 0.104. The van der Waals surface area contributed by atoms with Gasteiger partial charge in [0.05, 0.1) is 5.41 Å². The summed E-state index contributed by atoms with van der Waals surface area (Å²) in [6.45, 7) is 6.40. The Kier molecular flexibility index (Phi) is 10.2. The van der Waals surface area contributed by atoms with E-state index in [1.54, 1.807) is 24.3 Å². The third-order valence-corrected chi connectivity index (χ3v) is 9.48. The Morgan fingerprint density at radius 2 is 1.70 bits per heavy atom. The number of likely N-dealkylation sites (tertiary alicyclic amines) is 2. The zero-order chi connectivity index (χ0) is 31.1. The number of carbonyl (C=O) groups excluding carboxylic acids is 3. The fourth-order valence-corrected chi connectivity index (χ4v) is 6.67. The third kappa shape index (κ3) is 7.96. The minimum Gasteiger partial charge on any atom is -0.480 e. The average molecular weight is 605 g/mol. The number of aliphatic carboxylic acids is 1. The molecule has 2 saturated heterocycles. The van der Waals surface area contributed by atoms with Crippen LogP contribution in [0.4, 0.5) is 0 Å². The van der Waals surface area contributed by atoms with Gasteiger partial charge in [0.15, 0.2) is 0 Å². The highest BCUT2D eigenvalue weighted by atomic mass is 16.5. The van der Waals surface area contributed by atoms with Crippen LogP contribution in [-0.4, -0.2) is 83.9 Å². The number of amides is 3. The third-order valence-electron chi connectivity index (χ3n) is 9.48. The van der Waals surface area contributed by atoms with Gasteiger partial charge in [-0.05, 0) is 93.0 Å². The second kappa shape index (κ2) is 14.2. The second-order valence-corrected chi connectivity index (χ2v) is 12.5. The molecule has 1 spiro atoms. The van der Waals surface area contributed by atoms with Crippen LogP contribution >= 0.6 is 0 Å². The lowest BCUT2D eigenvalue weighted by atomic mass is 9.72. The van der Waals surface area contributed by atoms with Gasteiger partial charge >= 0.3 is 5.97 Å². The minimum absolute atomic E-state index is 0.0324. The fourth-order valence-electron chi connectivity index (χ4n) is 6.67. The summed E-state index contributed by atoms with van der Waals surface area (Å²) in [6, 6.07) is 13.8. The number of nitrogens with zero attached hydrogens (tertiary/aromatic N) is 2. The molecule has 236 valence electrons. The monoisotopic (exact) mass is 604 g/mol. The number of piperidine rings is 2. The van der Waals surface area contributed by atoms with E-state index in [0.717, 1.165) is 43.6 Å². The van der Waals surface area contributed by atoms with Crippen LogP contribution in [0.25, 0.3) is 0 Å². The Balaban J connectivity index is 1.31. The molecule has 3 N–H and O–H groups in total. The molecule has 10 nitrogen and oxygen atoms in total. The SMILES string of the molecule is CCN1CCC(CC(=O)N2CCC3(CC2)Cc2cccc(c2)Oc2ccc(cc2)C[C@@H](C(=O)O)NC(=O)CCNC3=O)CC1. The van der Waals surface area contributed by atoms with E-state index < -0.39 is 23.3 Å². The van der Waals surface area contributed by atoms with Gasteiger partial charge in [-0.15, -0.1) is 0 Å². The summed E-state index contributed by atoms with van der Waals surface area (Å²) in [5, 5.41) is 15.2. The number of carboxylic acids is 1. The molecule has 4 bridgehead atoms. The van der Waals surface area contributed by atoms with Crippen molar-refractivity contribution in [2.45, 2.75) is 64.3 Å². The van der Waals surface area contributed by atoms with Crippen LogP contribution < -0.4 is 15.4 Å². The van der Waals surface area contributed by atoms with E-state index in [1.807, 2.05) is 29.2 Å². The van der Waals surface area contributed by atoms with Gasteiger partial charge in [0.25, 0.3) is 0 Å². The van der Waals surface area contributed by atoms with Crippen LogP contribution in [0.5, 0.6) is 11.5 Å². The molecule has 0 aromatic heterocycles. The van der Waals surface area contributed by atoms with Crippen molar-refractivity contribution >= 4 is 23.7 Å². The molecule has 2 aromatic carbocycles. The molecule has 0 saturated carbocycles. The zero-order valence-corrected chi connectivity index (χ0v) is 25.6. The maximum absolute atomic E-state index is 13.8. The van der Waals surface area contributed by atoms with Gasteiger partial charge in [-0.2, -0.15) is 0 Å². The molecule has 0 radical (unpaired) electrons. The first-order valence-electron chi connectivity index (χ1n) is 15.9. The quantitative estimate of drug-likeness (QED) is 0.488. The number of carbonyl (C=O) groups is 4. The highest BCUT2D eigenvalue weighted by Gasteiger charge is 2.42. The molecule has 4 heterocycles. The van der Waals surface area contributed by atoms with E-state index in [2.05, 4.69) is 22.5 Å². The van der Waals surface area contributed by atoms with Gasteiger partial charge in [0.2, 0.25) is 17.7 Å². The first-order valence-corrected chi connectivity index (χ1v) is 15.9. The smallest absolute Gasteiger partial charge is 0.326 e. The van der Waals surface area contributed by atoms with Crippen LogP contribution in [0, 0.1) is 11.3 Å². The number of carboxylic acid groups (broad SMARTS) is 1. The number of nitrogens with one attached hydrogen (secondary N) is 2. The van der Waals surface area contributed by atoms with E-state index in [4.69, 9.17) is 4.74 Å². The minimum atomic E-state index is -1.12. The molecule has 0 unspecified atom stereocenters. The van der Waals surface area contributed by atoms with Crippen molar-refractivity contribution in [3.63, 3.8) is 0 Å². The fraction of sp³-hybridized carbons (Fsp3) is 0.529. The summed E-state index contributed by atoms with van der Waals surface area (Å²) in [4.78, 5) is 55.9. The van der Waals surface area contributed by atoms with Crippen molar-refractivity contribution in [3.05, 3.63) is 59.7 Å². The second-order valence-electron chi connectivity index (χ2n) is 12.5. The van der Waals surface area contributed by atoms with Crippen molar-refractivity contribution in [2.24, 2.45) is 11.3 Å². The normalized spacial score (nSPS) is 21.9.